The minimum absolute atomic E-state index is 0.0803. The van der Waals surface area contributed by atoms with Crippen molar-refractivity contribution in [2.45, 2.75) is 45.6 Å². The monoisotopic (exact) mass is 424 g/mol. The highest BCUT2D eigenvalue weighted by Crippen LogP contribution is 2.27. The van der Waals surface area contributed by atoms with E-state index in [1.165, 1.54) is 6.42 Å². The molecule has 2 aromatic rings. The zero-order valence-electron chi connectivity index (χ0n) is 18.5. The molecule has 7 heteroatoms. The van der Waals surface area contributed by atoms with E-state index in [2.05, 4.69) is 20.9 Å². The van der Waals surface area contributed by atoms with Gasteiger partial charge in [0, 0.05) is 36.2 Å². The molecule has 0 bridgehead atoms. The Labute approximate surface area is 184 Å². The van der Waals surface area contributed by atoms with E-state index >= 15 is 0 Å². The number of piperidine rings is 1. The predicted molar refractivity (Wildman–Crippen MR) is 125 cm³/mol. The van der Waals surface area contributed by atoms with Crippen LogP contribution in [0.5, 0.6) is 5.75 Å². The van der Waals surface area contributed by atoms with Crippen LogP contribution in [-0.2, 0) is 0 Å². The number of carbonyl (C=O) groups excluding carboxylic acids is 2. The largest absolute Gasteiger partial charge is 0.497 e. The summed E-state index contributed by atoms with van der Waals surface area (Å²) in [6.45, 7) is 5.91. The molecule has 0 radical (unpaired) electrons. The average Bonchev–Trinajstić information content (AvgIpc) is 2.80. The van der Waals surface area contributed by atoms with Gasteiger partial charge in [-0.15, -0.1) is 0 Å². The van der Waals surface area contributed by atoms with Gasteiger partial charge in [0.25, 0.3) is 5.91 Å². The van der Waals surface area contributed by atoms with Crippen LogP contribution >= 0.6 is 0 Å². The van der Waals surface area contributed by atoms with Crippen LogP contribution in [0.4, 0.5) is 21.9 Å². The summed E-state index contributed by atoms with van der Waals surface area (Å²) in [5, 5.41) is 8.68. The van der Waals surface area contributed by atoms with Gasteiger partial charge in [-0.25, -0.2) is 4.79 Å². The van der Waals surface area contributed by atoms with Crippen molar-refractivity contribution in [1.82, 2.24) is 5.32 Å². The lowest BCUT2D eigenvalue weighted by Crippen LogP contribution is -2.35. The van der Waals surface area contributed by atoms with Crippen LogP contribution in [0.1, 0.15) is 49.9 Å². The standard InChI is InChI=1S/C24H32N4O3/c1-4-17(2)25-23(29)21-16-19(10-13-22(21)28-14-6-5-7-15-28)27-24(30)26-18-8-11-20(31-3)12-9-18/h8-13,16-17H,4-7,14-15H2,1-3H3,(H,25,29)(H2,26,27,30)/t17-/m0/s1. The van der Waals surface area contributed by atoms with Crippen LogP contribution in [0, 0.1) is 0 Å². The second kappa shape index (κ2) is 10.7. The first-order valence-corrected chi connectivity index (χ1v) is 10.9. The normalized spacial score (nSPS) is 14.5. The van der Waals surface area contributed by atoms with Gasteiger partial charge in [0.05, 0.1) is 12.7 Å². The fourth-order valence-corrected chi connectivity index (χ4v) is 3.58. The van der Waals surface area contributed by atoms with E-state index in [9.17, 15) is 9.59 Å². The number of benzene rings is 2. The van der Waals surface area contributed by atoms with Gasteiger partial charge in [-0.1, -0.05) is 6.92 Å². The number of hydrogen-bond donors (Lipinski definition) is 3. The van der Waals surface area contributed by atoms with E-state index in [1.54, 1.807) is 37.4 Å². The molecule has 0 aliphatic carbocycles. The number of nitrogens with zero attached hydrogens (tertiary/aromatic N) is 1. The Balaban J connectivity index is 1.77. The summed E-state index contributed by atoms with van der Waals surface area (Å²) in [5.41, 5.74) is 2.73. The number of hydrogen-bond acceptors (Lipinski definition) is 4. The summed E-state index contributed by atoms with van der Waals surface area (Å²) in [7, 11) is 1.59. The molecule has 1 saturated heterocycles. The zero-order chi connectivity index (χ0) is 22.2. The lowest BCUT2D eigenvalue weighted by molar-refractivity contribution is 0.0939. The molecule has 166 valence electrons. The molecule has 3 N–H and O–H groups in total. The minimum Gasteiger partial charge on any atom is -0.497 e. The van der Waals surface area contributed by atoms with Crippen LogP contribution in [0.15, 0.2) is 42.5 Å². The van der Waals surface area contributed by atoms with Crippen LogP contribution in [0.2, 0.25) is 0 Å². The highest BCUT2D eigenvalue weighted by molar-refractivity contribution is 6.04. The zero-order valence-corrected chi connectivity index (χ0v) is 18.5. The molecule has 1 aliphatic heterocycles. The van der Waals surface area contributed by atoms with Crippen molar-refractivity contribution in [1.29, 1.82) is 0 Å². The SMILES string of the molecule is CC[C@H](C)NC(=O)c1cc(NC(=O)Nc2ccc(OC)cc2)ccc1N1CCCCC1. The molecule has 1 atom stereocenters. The predicted octanol–water partition coefficient (Wildman–Crippen LogP) is 4.86. The Morgan fingerprint density at radius 1 is 1.00 bits per heavy atom. The third-order valence-corrected chi connectivity index (χ3v) is 5.53. The van der Waals surface area contributed by atoms with Crippen LogP contribution in [0.3, 0.4) is 0 Å². The van der Waals surface area contributed by atoms with Crippen LogP contribution < -0.4 is 25.6 Å². The number of nitrogens with one attached hydrogen (secondary N) is 3. The first-order chi connectivity index (χ1) is 15.0. The Morgan fingerprint density at radius 3 is 2.29 bits per heavy atom. The molecule has 3 amide bonds. The molecule has 1 heterocycles. The summed E-state index contributed by atoms with van der Waals surface area (Å²) in [6, 6.07) is 12.3. The molecule has 0 unspecified atom stereocenters. The highest BCUT2D eigenvalue weighted by atomic mass is 16.5. The van der Waals surface area contributed by atoms with Gasteiger partial charge in [0.2, 0.25) is 0 Å². The maximum atomic E-state index is 13.0. The summed E-state index contributed by atoms with van der Waals surface area (Å²) in [4.78, 5) is 27.7. The first kappa shape index (κ1) is 22.5. The fourth-order valence-electron chi connectivity index (χ4n) is 3.58. The number of rotatable bonds is 7. The molecule has 3 rings (SSSR count). The second-order valence-corrected chi connectivity index (χ2v) is 7.87. The maximum Gasteiger partial charge on any atom is 0.323 e. The second-order valence-electron chi connectivity index (χ2n) is 7.87. The third-order valence-electron chi connectivity index (χ3n) is 5.53. The lowest BCUT2D eigenvalue weighted by atomic mass is 10.1. The van der Waals surface area contributed by atoms with E-state index in [0.29, 0.717) is 16.9 Å². The van der Waals surface area contributed by atoms with Crippen LogP contribution in [0.25, 0.3) is 0 Å². The van der Waals surface area contributed by atoms with Gasteiger partial charge in [0.15, 0.2) is 0 Å². The Bertz CT molecular complexity index is 892. The van der Waals surface area contributed by atoms with Crippen molar-refractivity contribution in [3.05, 3.63) is 48.0 Å². The quantitative estimate of drug-likeness (QED) is 0.593. The van der Waals surface area contributed by atoms with Gasteiger partial charge in [-0.2, -0.15) is 0 Å². The van der Waals surface area contributed by atoms with Gasteiger partial charge in [-0.05, 0) is 75.1 Å². The third kappa shape index (κ3) is 6.13. The summed E-state index contributed by atoms with van der Waals surface area (Å²) >= 11 is 0. The molecule has 0 saturated carbocycles. The van der Waals surface area contributed by atoms with Crippen molar-refractivity contribution in [3.8, 4) is 5.75 Å². The molecule has 31 heavy (non-hydrogen) atoms. The average molecular weight is 425 g/mol. The minimum atomic E-state index is -0.371. The smallest absolute Gasteiger partial charge is 0.323 e. The summed E-state index contributed by atoms with van der Waals surface area (Å²) in [5.74, 6) is 0.602. The number of anilines is 3. The van der Waals surface area contributed by atoms with E-state index in [4.69, 9.17) is 4.74 Å². The molecule has 1 aliphatic rings. The van der Waals surface area contributed by atoms with E-state index < -0.39 is 0 Å². The lowest BCUT2D eigenvalue weighted by Gasteiger charge is -2.31. The fraction of sp³-hybridized carbons (Fsp3) is 0.417. The number of amides is 3. The van der Waals surface area contributed by atoms with E-state index in [-0.39, 0.29) is 18.0 Å². The molecular formula is C24H32N4O3. The summed E-state index contributed by atoms with van der Waals surface area (Å²) < 4.78 is 5.13. The van der Waals surface area contributed by atoms with Gasteiger partial charge >= 0.3 is 6.03 Å². The number of carbonyl (C=O) groups is 2. The molecular weight excluding hydrogens is 392 g/mol. The van der Waals surface area contributed by atoms with Gasteiger partial charge < -0.3 is 25.6 Å². The Hall–Kier alpha value is -3.22. The number of urea groups is 1. The molecule has 7 nitrogen and oxygen atoms in total. The number of methoxy groups -OCH3 is 1. The van der Waals surface area contributed by atoms with Gasteiger partial charge in [0.1, 0.15) is 5.75 Å². The van der Waals surface area contributed by atoms with Crippen molar-refractivity contribution in [3.63, 3.8) is 0 Å². The number of ether oxygens (including phenoxy) is 1. The van der Waals surface area contributed by atoms with Crippen molar-refractivity contribution in [2.24, 2.45) is 0 Å². The van der Waals surface area contributed by atoms with Gasteiger partial charge in [-0.3, -0.25) is 4.79 Å². The Kier molecular flexibility index (Phi) is 7.76. The Morgan fingerprint density at radius 2 is 1.65 bits per heavy atom. The molecule has 2 aromatic carbocycles. The maximum absolute atomic E-state index is 13.0. The first-order valence-electron chi connectivity index (χ1n) is 10.9. The molecule has 1 fully saturated rings. The topological polar surface area (TPSA) is 82.7 Å². The molecule has 0 aromatic heterocycles. The molecule has 0 spiro atoms. The van der Waals surface area contributed by atoms with Crippen LogP contribution in [-0.4, -0.2) is 38.2 Å². The van der Waals surface area contributed by atoms with E-state index in [1.807, 2.05) is 26.0 Å². The summed E-state index contributed by atoms with van der Waals surface area (Å²) in [6.07, 6.45) is 4.32. The highest BCUT2D eigenvalue weighted by Gasteiger charge is 2.20. The van der Waals surface area contributed by atoms with Crippen molar-refractivity contribution in [2.75, 3.05) is 35.7 Å². The van der Waals surface area contributed by atoms with Crippen molar-refractivity contribution >= 4 is 29.0 Å². The van der Waals surface area contributed by atoms with E-state index in [0.717, 1.165) is 43.8 Å². The van der Waals surface area contributed by atoms with Crippen molar-refractivity contribution < 1.29 is 14.3 Å².